The first kappa shape index (κ1) is 13.3. The van der Waals surface area contributed by atoms with E-state index in [2.05, 4.69) is 53.7 Å². The van der Waals surface area contributed by atoms with Crippen LogP contribution in [0.3, 0.4) is 0 Å². The molecule has 1 rings (SSSR count). The van der Waals surface area contributed by atoms with Crippen molar-refractivity contribution in [1.82, 2.24) is 0 Å². The van der Waals surface area contributed by atoms with Gasteiger partial charge in [0.1, 0.15) is 0 Å². The normalized spacial score (nSPS) is 11.5. The summed E-state index contributed by atoms with van der Waals surface area (Å²) < 4.78 is 0. The minimum atomic E-state index is 0.611. The maximum Gasteiger partial charge on any atom is -0.0216 e. The second-order valence-corrected chi connectivity index (χ2v) is 5.48. The summed E-state index contributed by atoms with van der Waals surface area (Å²) in [4.78, 5) is 0. The molecule has 1 aromatic rings. The van der Waals surface area contributed by atoms with E-state index in [-0.39, 0.29) is 0 Å². The first-order chi connectivity index (χ1) is 7.45. The molecular weight excluding hydrogens is 192 g/mol. The lowest BCUT2D eigenvalue weighted by molar-refractivity contribution is 0.637. The summed E-state index contributed by atoms with van der Waals surface area (Å²) in [5, 5.41) is 0. The Labute approximate surface area is 101 Å². The molecule has 0 fully saturated rings. The molecule has 0 heterocycles. The minimum absolute atomic E-state index is 0.611. The van der Waals surface area contributed by atoms with E-state index in [1.165, 1.54) is 28.7 Å². The zero-order valence-corrected chi connectivity index (χ0v) is 11.4. The summed E-state index contributed by atoms with van der Waals surface area (Å²) in [6.07, 6.45) is 2.08. The summed E-state index contributed by atoms with van der Waals surface area (Å²) in [6.45, 7) is 15.3. The SMILES string of the molecule is [CH2]Cc1cc(C(C)C)c(CC(C)C)cc1C. The lowest BCUT2D eigenvalue weighted by Crippen LogP contribution is -2.04. The van der Waals surface area contributed by atoms with Crippen molar-refractivity contribution < 1.29 is 0 Å². The highest BCUT2D eigenvalue weighted by molar-refractivity contribution is 5.40. The molecule has 0 heteroatoms. The Balaban J connectivity index is 3.19. The number of aryl methyl sites for hydroxylation is 1. The molecule has 1 radical (unpaired) electrons. The van der Waals surface area contributed by atoms with E-state index < -0.39 is 0 Å². The largest absolute Gasteiger partial charge is 0.0625 e. The lowest BCUT2D eigenvalue weighted by atomic mass is 9.88. The Morgan fingerprint density at radius 2 is 1.69 bits per heavy atom. The van der Waals surface area contributed by atoms with Gasteiger partial charge in [0.05, 0.1) is 0 Å². The predicted octanol–water partition coefficient (Wildman–Crippen LogP) is 4.69. The van der Waals surface area contributed by atoms with Crippen molar-refractivity contribution in [2.24, 2.45) is 5.92 Å². The van der Waals surface area contributed by atoms with Gasteiger partial charge in [-0.1, -0.05) is 39.8 Å². The van der Waals surface area contributed by atoms with Gasteiger partial charge in [0.2, 0.25) is 0 Å². The Morgan fingerprint density at radius 3 is 2.12 bits per heavy atom. The number of hydrogen-bond donors (Lipinski definition) is 0. The molecule has 1 aromatic carbocycles. The third-order valence-corrected chi connectivity index (χ3v) is 3.12. The van der Waals surface area contributed by atoms with Crippen molar-refractivity contribution in [2.75, 3.05) is 0 Å². The molecule has 0 saturated heterocycles. The summed E-state index contributed by atoms with van der Waals surface area (Å²) in [6, 6.07) is 4.74. The van der Waals surface area contributed by atoms with E-state index >= 15 is 0 Å². The highest BCUT2D eigenvalue weighted by Crippen LogP contribution is 2.26. The molecule has 89 valence electrons. The molecule has 0 aliphatic rings. The van der Waals surface area contributed by atoms with E-state index in [4.69, 9.17) is 0 Å². The van der Waals surface area contributed by atoms with Crippen LogP contribution in [0.5, 0.6) is 0 Å². The maximum absolute atomic E-state index is 4.01. The zero-order valence-electron chi connectivity index (χ0n) is 11.4. The van der Waals surface area contributed by atoms with Crippen molar-refractivity contribution in [3.63, 3.8) is 0 Å². The van der Waals surface area contributed by atoms with E-state index in [0.29, 0.717) is 5.92 Å². The molecule has 0 amide bonds. The smallest absolute Gasteiger partial charge is 0.0216 e. The van der Waals surface area contributed by atoms with Gasteiger partial charge < -0.3 is 0 Å². The molecule has 0 aromatic heterocycles. The third kappa shape index (κ3) is 3.10. The molecule has 0 bridgehead atoms. The van der Waals surface area contributed by atoms with Crippen LogP contribution in [-0.4, -0.2) is 0 Å². The lowest BCUT2D eigenvalue weighted by Gasteiger charge is -2.18. The number of rotatable bonds is 4. The Morgan fingerprint density at radius 1 is 1.06 bits per heavy atom. The van der Waals surface area contributed by atoms with Crippen LogP contribution in [0.2, 0.25) is 0 Å². The van der Waals surface area contributed by atoms with Crippen LogP contribution in [-0.2, 0) is 12.8 Å². The van der Waals surface area contributed by atoms with Crippen LogP contribution >= 0.6 is 0 Å². The summed E-state index contributed by atoms with van der Waals surface area (Å²) in [7, 11) is 0. The van der Waals surface area contributed by atoms with Gasteiger partial charge in [-0.15, -0.1) is 0 Å². The molecule has 0 atom stereocenters. The van der Waals surface area contributed by atoms with Crippen LogP contribution in [0.4, 0.5) is 0 Å². The molecule has 16 heavy (non-hydrogen) atoms. The van der Waals surface area contributed by atoms with E-state index in [1.807, 2.05) is 0 Å². The molecule has 0 nitrogen and oxygen atoms in total. The quantitative estimate of drug-likeness (QED) is 0.686. The highest BCUT2D eigenvalue weighted by atomic mass is 14.2. The monoisotopic (exact) mass is 217 g/mol. The third-order valence-electron chi connectivity index (χ3n) is 3.12. The van der Waals surface area contributed by atoms with Crippen molar-refractivity contribution in [2.45, 2.75) is 53.4 Å². The second kappa shape index (κ2) is 5.52. The van der Waals surface area contributed by atoms with E-state index in [0.717, 1.165) is 12.3 Å². The average Bonchev–Trinajstić information content (AvgIpc) is 2.16. The number of benzene rings is 1. The van der Waals surface area contributed by atoms with E-state index in [9.17, 15) is 0 Å². The fourth-order valence-electron chi connectivity index (χ4n) is 2.26. The summed E-state index contributed by atoms with van der Waals surface area (Å²) in [5.41, 5.74) is 5.84. The van der Waals surface area contributed by atoms with Gasteiger partial charge in [-0.05, 0) is 60.8 Å². The molecule has 0 unspecified atom stereocenters. The molecule has 0 aliphatic heterocycles. The first-order valence-electron chi connectivity index (χ1n) is 6.37. The van der Waals surface area contributed by atoms with Crippen molar-refractivity contribution in [1.29, 1.82) is 0 Å². The van der Waals surface area contributed by atoms with Gasteiger partial charge in [0.25, 0.3) is 0 Å². The topological polar surface area (TPSA) is 0 Å². The molecule has 0 aliphatic carbocycles. The Bertz CT molecular complexity index is 345. The fraction of sp³-hybridized carbons (Fsp3) is 0.562. The van der Waals surface area contributed by atoms with Crippen LogP contribution in [0.1, 0.15) is 55.9 Å². The predicted molar refractivity (Wildman–Crippen MR) is 72.9 cm³/mol. The zero-order chi connectivity index (χ0) is 12.3. The minimum Gasteiger partial charge on any atom is -0.0625 e. The highest BCUT2D eigenvalue weighted by Gasteiger charge is 2.10. The summed E-state index contributed by atoms with van der Waals surface area (Å²) in [5.74, 6) is 1.34. The molecule has 0 N–H and O–H groups in total. The average molecular weight is 217 g/mol. The maximum atomic E-state index is 4.01. The van der Waals surface area contributed by atoms with Gasteiger partial charge in [-0.3, -0.25) is 0 Å². The fourth-order valence-corrected chi connectivity index (χ4v) is 2.26. The molecule has 0 spiro atoms. The van der Waals surface area contributed by atoms with Crippen LogP contribution < -0.4 is 0 Å². The van der Waals surface area contributed by atoms with Crippen molar-refractivity contribution >= 4 is 0 Å². The first-order valence-corrected chi connectivity index (χ1v) is 6.37. The van der Waals surface area contributed by atoms with Gasteiger partial charge in [0, 0.05) is 0 Å². The van der Waals surface area contributed by atoms with Crippen molar-refractivity contribution in [3.8, 4) is 0 Å². The molecule has 0 saturated carbocycles. The van der Waals surface area contributed by atoms with E-state index in [1.54, 1.807) is 0 Å². The van der Waals surface area contributed by atoms with Gasteiger partial charge in [0.15, 0.2) is 0 Å². The second-order valence-electron chi connectivity index (χ2n) is 5.48. The Kier molecular flexibility index (Phi) is 4.58. The van der Waals surface area contributed by atoms with Crippen molar-refractivity contribution in [3.05, 3.63) is 41.3 Å². The van der Waals surface area contributed by atoms with Crippen LogP contribution in [0.25, 0.3) is 0 Å². The Hall–Kier alpha value is -0.780. The van der Waals surface area contributed by atoms with Crippen LogP contribution in [0.15, 0.2) is 12.1 Å². The molecular formula is C16H25. The van der Waals surface area contributed by atoms with Gasteiger partial charge in [-0.2, -0.15) is 0 Å². The van der Waals surface area contributed by atoms with Gasteiger partial charge >= 0.3 is 0 Å². The standard InChI is InChI=1S/C16H25/c1-7-14-10-16(12(4)5)15(8-11(2)3)9-13(14)6/h9-12H,1,7-8H2,2-6H3. The van der Waals surface area contributed by atoms with Crippen LogP contribution in [0, 0.1) is 19.8 Å². The number of hydrogen-bond acceptors (Lipinski definition) is 0. The summed E-state index contributed by atoms with van der Waals surface area (Å²) >= 11 is 0. The van der Waals surface area contributed by atoms with Gasteiger partial charge in [-0.25, -0.2) is 0 Å².